The Bertz CT molecular complexity index is 1140. The zero-order chi connectivity index (χ0) is 19.5. The van der Waals surface area contributed by atoms with E-state index in [1.165, 1.54) is 0 Å². The van der Waals surface area contributed by atoms with Crippen LogP contribution in [0.2, 0.25) is 0 Å². The summed E-state index contributed by atoms with van der Waals surface area (Å²) in [5.41, 5.74) is 2.64. The second kappa shape index (κ2) is 7.97. The fourth-order valence-electron chi connectivity index (χ4n) is 3.04. The number of ether oxygens (including phenoxy) is 1. The average molecular weight is 485 g/mol. The summed E-state index contributed by atoms with van der Waals surface area (Å²) in [6, 6.07) is 15.2. The van der Waals surface area contributed by atoms with Crippen LogP contribution in [0.1, 0.15) is 11.1 Å². The molecule has 0 atom stereocenters. The average Bonchev–Trinajstić information content (AvgIpc) is 3.12. The third-order valence-electron chi connectivity index (χ3n) is 4.29. The molecule has 4 rings (SSSR count). The Kier molecular flexibility index (Phi) is 5.25. The fraction of sp³-hybridized carbons (Fsp3) is 0.0952. The van der Waals surface area contributed by atoms with Crippen LogP contribution in [0, 0.1) is 3.57 Å². The number of carbonyl (C=O) groups is 1. The normalized spacial score (nSPS) is 10.9. The maximum Gasteiger partial charge on any atom is 0.307 e. The van der Waals surface area contributed by atoms with Crippen LogP contribution in [0.5, 0.6) is 5.75 Å². The van der Waals surface area contributed by atoms with Crippen LogP contribution in [-0.4, -0.2) is 25.6 Å². The number of carboxylic acid groups (broad SMARTS) is 1. The molecule has 0 unspecified atom stereocenters. The second-order valence-electron chi connectivity index (χ2n) is 6.21. The highest BCUT2D eigenvalue weighted by molar-refractivity contribution is 14.1. The highest BCUT2D eigenvalue weighted by Crippen LogP contribution is 2.27. The molecule has 2 aromatic heterocycles. The summed E-state index contributed by atoms with van der Waals surface area (Å²) in [7, 11) is 0. The molecule has 6 nitrogen and oxygen atoms in total. The number of nitrogens with zero attached hydrogens (tertiary/aromatic N) is 3. The first kappa shape index (κ1) is 18.4. The highest BCUT2D eigenvalue weighted by Gasteiger charge is 2.11. The van der Waals surface area contributed by atoms with E-state index in [-0.39, 0.29) is 6.42 Å². The summed E-state index contributed by atoms with van der Waals surface area (Å²) in [4.78, 5) is 19.7. The SMILES string of the molecule is O=C(O)Cc1ccccc1OCc1cc(I)c2ccn(-c3ncccn3)c2c1. The van der Waals surface area contributed by atoms with Gasteiger partial charge in [0.15, 0.2) is 0 Å². The molecule has 28 heavy (non-hydrogen) atoms. The van der Waals surface area contributed by atoms with Gasteiger partial charge in [-0.25, -0.2) is 9.97 Å². The van der Waals surface area contributed by atoms with E-state index in [1.807, 2.05) is 35.0 Å². The Morgan fingerprint density at radius 1 is 1.11 bits per heavy atom. The number of hydrogen-bond donors (Lipinski definition) is 1. The van der Waals surface area contributed by atoms with Crippen LogP contribution >= 0.6 is 22.6 Å². The van der Waals surface area contributed by atoms with Crippen molar-refractivity contribution in [3.8, 4) is 11.7 Å². The number of fused-ring (bicyclic) bond motifs is 1. The summed E-state index contributed by atoms with van der Waals surface area (Å²) < 4.78 is 8.99. The second-order valence-corrected chi connectivity index (χ2v) is 7.37. The van der Waals surface area contributed by atoms with Crippen molar-refractivity contribution in [1.29, 1.82) is 0 Å². The summed E-state index contributed by atoms with van der Waals surface area (Å²) in [6.07, 6.45) is 5.31. The summed E-state index contributed by atoms with van der Waals surface area (Å²) in [5, 5.41) is 10.2. The highest BCUT2D eigenvalue weighted by atomic mass is 127. The van der Waals surface area contributed by atoms with Crippen molar-refractivity contribution < 1.29 is 14.6 Å². The van der Waals surface area contributed by atoms with Gasteiger partial charge >= 0.3 is 5.97 Å². The van der Waals surface area contributed by atoms with Crippen LogP contribution < -0.4 is 4.74 Å². The lowest BCUT2D eigenvalue weighted by Crippen LogP contribution is -2.04. The molecule has 0 aliphatic heterocycles. The number of rotatable bonds is 6. The van der Waals surface area contributed by atoms with Gasteiger partial charge in [-0.05, 0) is 58.5 Å². The molecular weight excluding hydrogens is 469 g/mol. The largest absolute Gasteiger partial charge is 0.489 e. The van der Waals surface area contributed by atoms with Gasteiger partial charge in [0.2, 0.25) is 5.95 Å². The topological polar surface area (TPSA) is 77.2 Å². The minimum atomic E-state index is -0.882. The Hall–Kier alpha value is -2.94. The Morgan fingerprint density at radius 3 is 2.68 bits per heavy atom. The fourth-order valence-corrected chi connectivity index (χ4v) is 3.90. The maximum absolute atomic E-state index is 11.1. The van der Waals surface area contributed by atoms with Crippen molar-refractivity contribution >= 4 is 39.5 Å². The molecule has 2 aromatic carbocycles. The van der Waals surface area contributed by atoms with Gasteiger partial charge in [0.1, 0.15) is 12.4 Å². The maximum atomic E-state index is 11.1. The van der Waals surface area contributed by atoms with E-state index in [0.29, 0.717) is 23.9 Å². The van der Waals surface area contributed by atoms with Gasteiger partial charge < -0.3 is 9.84 Å². The first-order valence-electron chi connectivity index (χ1n) is 8.61. The number of hydrogen-bond acceptors (Lipinski definition) is 4. The van der Waals surface area contributed by atoms with Crippen LogP contribution in [0.25, 0.3) is 16.9 Å². The molecule has 0 radical (unpaired) electrons. The Balaban J connectivity index is 1.65. The quantitative estimate of drug-likeness (QED) is 0.414. The number of aliphatic carboxylic acids is 1. The summed E-state index contributed by atoms with van der Waals surface area (Å²) >= 11 is 2.31. The van der Waals surface area contributed by atoms with Crippen molar-refractivity contribution in [3.63, 3.8) is 0 Å². The molecule has 0 aliphatic rings. The predicted molar refractivity (Wildman–Crippen MR) is 114 cm³/mol. The molecule has 0 bridgehead atoms. The van der Waals surface area contributed by atoms with Gasteiger partial charge in [-0.1, -0.05) is 18.2 Å². The van der Waals surface area contributed by atoms with Crippen molar-refractivity contribution in [2.24, 2.45) is 0 Å². The predicted octanol–water partition coefficient (Wildman–Crippen LogP) is 4.23. The third kappa shape index (κ3) is 3.84. The molecule has 0 fully saturated rings. The molecule has 0 saturated carbocycles. The van der Waals surface area contributed by atoms with E-state index in [2.05, 4.69) is 38.6 Å². The van der Waals surface area contributed by atoms with E-state index in [9.17, 15) is 4.79 Å². The van der Waals surface area contributed by atoms with Crippen molar-refractivity contribution in [2.45, 2.75) is 13.0 Å². The lowest BCUT2D eigenvalue weighted by Gasteiger charge is -2.12. The Labute approximate surface area is 175 Å². The van der Waals surface area contributed by atoms with Gasteiger partial charge in [0.05, 0.1) is 11.9 Å². The van der Waals surface area contributed by atoms with Crippen LogP contribution in [0.4, 0.5) is 0 Å². The van der Waals surface area contributed by atoms with Crippen molar-refractivity contribution in [2.75, 3.05) is 0 Å². The standard InChI is InChI=1S/C21H16IN3O3/c22-17-10-14(13-28-19-5-2-1-4-15(19)12-20(26)27)11-18-16(17)6-9-25(18)21-23-7-3-8-24-21/h1-11H,12-13H2,(H,26,27). The summed E-state index contributed by atoms with van der Waals surface area (Å²) in [5.74, 6) is 0.313. The van der Waals surface area contributed by atoms with Gasteiger partial charge in [-0.3, -0.25) is 9.36 Å². The Morgan fingerprint density at radius 2 is 1.89 bits per heavy atom. The third-order valence-corrected chi connectivity index (χ3v) is 5.19. The van der Waals surface area contributed by atoms with Crippen molar-refractivity contribution in [3.05, 3.63) is 81.8 Å². The van der Waals surface area contributed by atoms with E-state index >= 15 is 0 Å². The molecule has 7 heteroatoms. The van der Waals surface area contributed by atoms with Crippen LogP contribution in [0.15, 0.2) is 67.1 Å². The minimum Gasteiger partial charge on any atom is -0.489 e. The lowest BCUT2D eigenvalue weighted by atomic mass is 10.1. The molecule has 0 spiro atoms. The van der Waals surface area contributed by atoms with Crippen LogP contribution in [-0.2, 0) is 17.8 Å². The number of para-hydroxylation sites is 1. The van der Waals surface area contributed by atoms with E-state index in [0.717, 1.165) is 20.0 Å². The van der Waals surface area contributed by atoms with E-state index in [4.69, 9.17) is 9.84 Å². The molecule has 0 saturated heterocycles. The van der Waals surface area contributed by atoms with Crippen molar-refractivity contribution in [1.82, 2.24) is 14.5 Å². The minimum absolute atomic E-state index is 0.0685. The smallest absolute Gasteiger partial charge is 0.307 e. The number of halogens is 1. The van der Waals surface area contributed by atoms with Gasteiger partial charge in [-0.2, -0.15) is 0 Å². The zero-order valence-electron chi connectivity index (χ0n) is 14.7. The van der Waals surface area contributed by atoms with Gasteiger partial charge in [-0.15, -0.1) is 0 Å². The van der Waals surface area contributed by atoms with Gasteiger partial charge in [0, 0.05) is 33.1 Å². The number of benzene rings is 2. The molecular formula is C21H16IN3O3. The summed E-state index contributed by atoms with van der Waals surface area (Å²) in [6.45, 7) is 0.337. The molecule has 1 N–H and O–H groups in total. The monoisotopic (exact) mass is 485 g/mol. The number of carboxylic acids is 1. The first-order chi connectivity index (χ1) is 13.6. The van der Waals surface area contributed by atoms with E-state index < -0.39 is 5.97 Å². The lowest BCUT2D eigenvalue weighted by molar-refractivity contribution is -0.136. The van der Waals surface area contributed by atoms with Crippen LogP contribution in [0.3, 0.4) is 0 Å². The molecule has 4 aromatic rings. The molecule has 0 amide bonds. The van der Waals surface area contributed by atoms with E-state index in [1.54, 1.807) is 30.6 Å². The molecule has 0 aliphatic carbocycles. The number of aromatic nitrogens is 3. The molecule has 140 valence electrons. The first-order valence-corrected chi connectivity index (χ1v) is 9.69. The van der Waals surface area contributed by atoms with Gasteiger partial charge in [0.25, 0.3) is 0 Å². The molecule has 2 heterocycles. The zero-order valence-corrected chi connectivity index (χ0v) is 16.9.